The van der Waals surface area contributed by atoms with Gasteiger partial charge in [-0.2, -0.15) is 0 Å². The maximum absolute atomic E-state index is 13.3. The molecule has 0 aromatic heterocycles. The molecular weight excluding hydrogens is 241 g/mol. The zero-order valence-electron chi connectivity index (χ0n) is 12.7. The van der Waals surface area contributed by atoms with E-state index in [4.69, 9.17) is 4.74 Å². The third-order valence-electron chi connectivity index (χ3n) is 3.35. The van der Waals surface area contributed by atoms with Gasteiger partial charge < -0.3 is 10.1 Å². The summed E-state index contributed by atoms with van der Waals surface area (Å²) in [6, 6.07) is 5.02. The van der Waals surface area contributed by atoms with Crippen LogP contribution in [-0.2, 0) is 4.74 Å². The fraction of sp³-hybridized carbons (Fsp3) is 0.625. The summed E-state index contributed by atoms with van der Waals surface area (Å²) in [7, 11) is 0. The highest BCUT2D eigenvalue weighted by Crippen LogP contribution is 2.31. The van der Waals surface area contributed by atoms with Gasteiger partial charge in [0.15, 0.2) is 0 Å². The predicted octanol–water partition coefficient (Wildman–Crippen LogP) is 3.99. The molecule has 0 radical (unpaired) electrons. The topological polar surface area (TPSA) is 21.3 Å². The Morgan fingerprint density at radius 1 is 1.32 bits per heavy atom. The molecule has 0 spiro atoms. The molecule has 0 fully saturated rings. The van der Waals surface area contributed by atoms with Crippen molar-refractivity contribution in [2.24, 2.45) is 0 Å². The van der Waals surface area contributed by atoms with Crippen LogP contribution in [0.15, 0.2) is 18.2 Å². The van der Waals surface area contributed by atoms with E-state index in [1.54, 1.807) is 6.07 Å². The molecule has 0 bridgehead atoms. The first-order valence-corrected chi connectivity index (χ1v) is 7.05. The Labute approximate surface area is 116 Å². The van der Waals surface area contributed by atoms with Gasteiger partial charge in [0.25, 0.3) is 0 Å². The van der Waals surface area contributed by atoms with Gasteiger partial charge in [0.05, 0.1) is 11.6 Å². The van der Waals surface area contributed by atoms with Crippen LogP contribution < -0.4 is 5.32 Å². The first-order valence-electron chi connectivity index (χ1n) is 7.05. The molecule has 2 nitrogen and oxygen atoms in total. The lowest BCUT2D eigenvalue weighted by Gasteiger charge is -2.36. The van der Waals surface area contributed by atoms with E-state index in [1.165, 1.54) is 6.07 Å². The summed E-state index contributed by atoms with van der Waals surface area (Å²) in [4.78, 5) is 0. The molecule has 0 aliphatic carbocycles. The van der Waals surface area contributed by atoms with E-state index in [2.05, 4.69) is 26.1 Å². The van der Waals surface area contributed by atoms with Crippen molar-refractivity contribution in [3.05, 3.63) is 35.1 Å². The molecule has 0 heterocycles. The second-order valence-electron chi connectivity index (χ2n) is 5.42. The van der Waals surface area contributed by atoms with Crippen LogP contribution in [0.3, 0.4) is 0 Å². The Bertz CT molecular complexity index is 404. The number of halogens is 1. The Balaban J connectivity index is 3.08. The standard InChI is InChI=1S/C16H26FNO/c1-6-10-18-15(16(4,5)19-7-2)14-9-8-13(17)11-12(14)3/h8-9,11,15,18H,6-7,10H2,1-5H3. The molecule has 0 aliphatic rings. The third-order valence-corrected chi connectivity index (χ3v) is 3.35. The van der Waals surface area contributed by atoms with Crippen molar-refractivity contribution >= 4 is 0 Å². The van der Waals surface area contributed by atoms with Crippen LogP contribution in [-0.4, -0.2) is 18.8 Å². The van der Waals surface area contributed by atoms with Gasteiger partial charge in [0.2, 0.25) is 0 Å². The first-order chi connectivity index (χ1) is 8.92. The smallest absolute Gasteiger partial charge is 0.123 e. The zero-order valence-corrected chi connectivity index (χ0v) is 12.7. The van der Waals surface area contributed by atoms with Crippen LogP contribution in [0.2, 0.25) is 0 Å². The minimum atomic E-state index is -0.327. The Morgan fingerprint density at radius 3 is 2.53 bits per heavy atom. The molecule has 3 heteroatoms. The highest BCUT2D eigenvalue weighted by atomic mass is 19.1. The Kier molecular flexibility index (Phi) is 5.95. The summed E-state index contributed by atoms with van der Waals surface area (Å²) >= 11 is 0. The van der Waals surface area contributed by atoms with Gasteiger partial charge in [-0.15, -0.1) is 0 Å². The molecule has 0 aliphatic heterocycles. The summed E-state index contributed by atoms with van der Waals surface area (Å²) < 4.78 is 19.1. The van der Waals surface area contributed by atoms with E-state index < -0.39 is 0 Å². The summed E-state index contributed by atoms with van der Waals surface area (Å²) in [5, 5.41) is 3.52. The van der Waals surface area contributed by atoms with E-state index >= 15 is 0 Å². The average molecular weight is 267 g/mol. The normalized spacial score (nSPS) is 13.6. The maximum Gasteiger partial charge on any atom is 0.123 e. The third kappa shape index (κ3) is 4.29. The quantitative estimate of drug-likeness (QED) is 0.806. The number of ether oxygens (including phenoxy) is 1. The van der Waals surface area contributed by atoms with Gasteiger partial charge in [0, 0.05) is 6.61 Å². The van der Waals surface area contributed by atoms with Crippen molar-refractivity contribution in [1.29, 1.82) is 0 Å². The minimum absolute atomic E-state index is 0.0630. The van der Waals surface area contributed by atoms with Crippen molar-refractivity contribution in [3.8, 4) is 0 Å². The molecule has 108 valence electrons. The minimum Gasteiger partial charge on any atom is -0.374 e. The number of aryl methyl sites for hydroxylation is 1. The largest absolute Gasteiger partial charge is 0.374 e. The summed E-state index contributed by atoms with van der Waals surface area (Å²) in [5.41, 5.74) is 1.74. The van der Waals surface area contributed by atoms with Gasteiger partial charge in [-0.1, -0.05) is 13.0 Å². The zero-order chi connectivity index (χ0) is 14.5. The number of benzene rings is 1. The molecule has 0 saturated carbocycles. The second kappa shape index (κ2) is 7.01. The van der Waals surface area contributed by atoms with Crippen LogP contribution in [0.4, 0.5) is 4.39 Å². The van der Waals surface area contributed by atoms with Crippen LogP contribution in [0.5, 0.6) is 0 Å². The first kappa shape index (κ1) is 16.1. The molecule has 1 unspecified atom stereocenters. The fourth-order valence-corrected chi connectivity index (χ4v) is 2.44. The molecular formula is C16H26FNO. The van der Waals surface area contributed by atoms with Crippen molar-refractivity contribution in [2.75, 3.05) is 13.2 Å². The van der Waals surface area contributed by atoms with Crippen LogP contribution in [0.1, 0.15) is 51.3 Å². The highest BCUT2D eigenvalue weighted by molar-refractivity contribution is 5.31. The Hall–Kier alpha value is -0.930. The Morgan fingerprint density at radius 2 is 2.00 bits per heavy atom. The van der Waals surface area contributed by atoms with Crippen LogP contribution >= 0.6 is 0 Å². The lowest BCUT2D eigenvalue weighted by molar-refractivity contribution is -0.0393. The maximum atomic E-state index is 13.3. The summed E-state index contributed by atoms with van der Waals surface area (Å²) in [6.07, 6.45) is 1.05. The molecule has 1 aromatic rings. The van der Waals surface area contributed by atoms with Crippen LogP contribution in [0, 0.1) is 12.7 Å². The van der Waals surface area contributed by atoms with E-state index in [1.807, 2.05) is 19.9 Å². The van der Waals surface area contributed by atoms with Crippen molar-refractivity contribution < 1.29 is 9.13 Å². The lowest BCUT2D eigenvalue weighted by atomic mass is 9.88. The lowest BCUT2D eigenvalue weighted by Crippen LogP contribution is -2.42. The molecule has 0 saturated heterocycles. The van der Waals surface area contributed by atoms with Gasteiger partial charge in [-0.25, -0.2) is 4.39 Å². The van der Waals surface area contributed by atoms with Gasteiger partial charge in [-0.3, -0.25) is 0 Å². The number of hydrogen-bond acceptors (Lipinski definition) is 2. The average Bonchev–Trinajstić information content (AvgIpc) is 2.31. The molecule has 1 N–H and O–H groups in total. The van der Waals surface area contributed by atoms with Crippen molar-refractivity contribution in [2.45, 2.75) is 52.7 Å². The van der Waals surface area contributed by atoms with E-state index in [9.17, 15) is 4.39 Å². The molecule has 1 rings (SSSR count). The predicted molar refractivity (Wildman–Crippen MR) is 77.9 cm³/mol. The van der Waals surface area contributed by atoms with E-state index in [0.717, 1.165) is 24.1 Å². The monoisotopic (exact) mass is 267 g/mol. The second-order valence-corrected chi connectivity index (χ2v) is 5.42. The number of nitrogens with one attached hydrogen (secondary N) is 1. The van der Waals surface area contributed by atoms with Gasteiger partial charge in [0.1, 0.15) is 5.82 Å². The SMILES string of the molecule is CCCNC(c1ccc(F)cc1C)C(C)(C)OCC. The van der Waals surface area contributed by atoms with E-state index in [0.29, 0.717) is 6.61 Å². The highest BCUT2D eigenvalue weighted by Gasteiger charge is 2.31. The van der Waals surface area contributed by atoms with Crippen molar-refractivity contribution in [3.63, 3.8) is 0 Å². The van der Waals surface area contributed by atoms with Crippen LogP contribution in [0.25, 0.3) is 0 Å². The molecule has 0 amide bonds. The van der Waals surface area contributed by atoms with E-state index in [-0.39, 0.29) is 17.5 Å². The molecule has 19 heavy (non-hydrogen) atoms. The van der Waals surface area contributed by atoms with Gasteiger partial charge in [-0.05, 0) is 63.9 Å². The van der Waals surface area contributed by atoms with Crippen molar-refractivity contribution in [1.82, 2.24) is 5.32 Å². The molecule has 1 aromatic carbocycles. The molecule has 1 atom stereocenters. The summed E-state index contributed by atoms with van der Waals surface area (Å²) in [5.74, 6) is -0.190. The number of rotatable bonds is 7. The fourth-order valence-electron chi connectivity index (χ4n) is 2.44. The van der Waals surface area contributed by atoms with Gasteiger partial charge >= 0.3 is 0 Å². The summed E-state index contributed by atoms with van der Waals surface area (Å²) in [6.45, 7) is 11.8. The number of hydrogen-bond donors (Lipinski definition) is 1.